The molecule has 4 nitrogen and oxygen atoms in total. The highest BCUT2D eigenvalue weighted by atomic mass is 19.3. The van der Waals surface area contributed by atoms with Crippen LogP contribution < -0.4 is 10.2 Å². The SMILES string of the molecule is CC1CCNN=C1c1ccc(OCC(F)(F)CO)c(F)c1F. The molecule has 1 aliphatic heterocycles. The van der Waals surface area contributed by atoms with E-state index in [-0.39, 0.29) is 11.5 Å². The van der Waals surface area contributed by atoms with Crippen LogP contribution in [-0.2, 0) is 0 Å². The molecular formula is C14H16F4N2O2. The molecule has 1 aromatic rings. The third-order valence-electron chi connectivity index (χ3n) is 3.35. The molecule has 0 aromatic heterocycles. The Balaban J connectivity index is 2.24. The molecule has 0 amide bonds. The minimum atomic E-state index is -3.52. The van der Waals surface area contributed by atoms with Crippen LogP contribution in [0.1, 0.15) is 18.9 Å². The van der Waals surface area contributed by atoms with Crippen molar-refractivity contribution in [2.45, 2.75) is 19.3 Å². The van der Waals surface area contributed by atoms with Gasteiger partial charge in [0, 0.05) is 18.0 Å². The third-order valence-corrected chi connectivity index (χ3v) is 3.35. The lowest BCUT2D eigenvalue weighted by Gasteiger charge is -2.21. The fourth-order valence-corrected chi connectivity index (χ4v) is 2.06. The van der Waals surface area contributed by atoms with E-state index in [1.807, 2.05) is 6.92 Å². The van der Waals surface area contributed by atoms with Crippen molar-refractivity contribution in [2.75, 3.05) is 19.8 Å². The van der Waals surface area contributed by atoms with Gasteiger partial charge in [-0.3, -0.25) is 0 Å². The molecule has 0 saturated heterocycles. The Kier molecular flexibility index (Phi) is 4.90. The number of hydrazone groups is 1. The lowest BCUT2D eigenvalue weighted by atomic mass is 9.94. The predicted molar refractivity (Wildman–Crippen MR) is 72.2 cm³/mol. The zero-order chi connectivity index (χ0) is 16.3. The van der Waals surface area contributed by atoms with Crippen LogP contribution in [0.2, 0.25) is 0 Å². The van der Waals surface area contributed by atoms with E-state index >= 15 is 0 Å². The molecule has 1 heterocycles. The van der Waals surface area contributed by atoms with Crippen molar-refractivity contribution in [2.24, 2.45) is 11.0 Å². The smallest absolute Gasteiger partial charge is 0.303 e. The number of halogens is 4. The molecule has 0 bridgehead atoms. The highest BCUT2D eigenvalue weighted by Crippen LogP contribution is 2.27. The molecule has 1 aliphatic rings. The average molecular weight is 320 g/mol. The van der Waals surface area contributed by atoms with Gasteiger partial charge in [0.1, 0.15) is 6.61 Å². The molecule has 2 rings (SSSR count). The second-order valence-electron chi connectivity index (χ2n) is 5.14. The Morgan fingerprint density at radius 3 is 2.73 bits per heavy atom. The van der Waals surface area contributed by atoms with Crippen LogP contribution in [0.15, 0.2) is 17.2 Å². The van der Waals surface area contributed by atoms with Gasteiger partial charge in [-0.15, -0.1) is 0 Å². The molecule has 8 heteroatoms. The molecule has 1 aromatic carbocycles. The Bertz CT molecular complexity index is 578. The van der Waals surface area contributed by atoms with E-state index in [1.165, 1.54) is 6.07 Å². The molecule has 0 aliphatic carbocycles. The molecule has 122 valence electrons. The van der Waals surface area contributed by atoms with Crippen LogP contribution in [0.4, 0.5) is 17.6 Å². The predicted octanol–water partition coefficient (Wildman–Crippen LogP) is 2.30. The number of rotatable bonds is 5. The van der Waals surface area contributed by atoms with E-state index in [0.29, 0.717) is 12.3 Å². The van der Waals surface area contributed by atoms with Crippen molar-refractivity contribution in [3.8, 4) is 5.75 Å². The van der Waals surface area contributed by atoms with E-state index in [4.69, 9.17) is 5.11 Å². The lowest BCUT2D eigenvalue weighted by molar-refractivity contribution is -0.0807. The fourth-order valence-electron chi connectivity index (χ4n) is 2.06. The summed E-state index contributed by atoms with van der Waals surface area (Å²) in [6.07, 6.45) is 0.723. The zero-order valence-corrected chi connectivity index (χ0v) is 11.9. The Morgan fingerprint density at radius 2 is 2.09 bits per heavy atom. The summed E-state index contributed by atoms with van der Waals surface area (Å²) in [6.45, 7) is -0.192. The van der Waals surface area contributed by atoms with Gasteiger partial charge in [-0.1, -0.05) is 6.92 Å². The molecule has 2 N–H and O–H groups in total. The molecule has 0 saturated carbocycles. The minimum absolute atomic E-state index is 0.0292. The number of nitrogens with zero attached hydrogens (tertiary/aromatic N) is 1. The van der Waals surface area contributed by atoms with Crippen LogP contribution in [0.25, 0.3) is 0 Å². The van der Waals surface area contributed by atoms with Gasteiger partial charge in [0.05, 0.1) is 5.71 Å². The summed E-state index contributed by atoms with van der Waals surface area (Å²) < 4.78 is 58.4. The number of hydrogen-bond acceptors (Lipinski definition) is 4. The largest absolute Gasteiger partial charge is 0.484 e. The van der Waals surface area contributed by atoms with Gasteiger partial charge >= 0.3 is 5.92 Å². The summed E-state index contributed by atoms with van der Waals surface area (Å²) >= 11 is 0. The maximum atomic E-state index is 14.1. The number of aliphatic hydroxyl groups is 1. The number of hydrogen-bond donors (Lipinski definition) is 2. The topological polar surface area (TPSA) is 53.9 Å². The van der Waals surface area contributed by atoms with Crippen LogP contribution >= 0.6 is 0 Å². The molecule has 1 unspecified atom stereocenters. The average Bonchev–Trinajstić information content (AvgIpc) is 2.50. The Morgan fingerprint density at radius 1 is 1.36 bits per heavy atom. The first-order chi connectivity index (χ1) is 10.4. The standard InChI is InChI=1S/C14H16F4N2O2/c1-8-4-5-19-20-13(8)9-2-3-10(12(16)11(9)15)22-7-14(17,18)6-21/h2-3,8,19,21H,4-7H2,1H3. The summed E-state index contributed by atoms with van der Waals surface area (Å²) in [5, 5.41) is 12.4. The zero-order valence-electron chi connectivity index (χ0n) is 11.9. The minimum Gasteiger partial charge on any atom is -0.484 e. The summed E-state index contributed by atoms with van der Waals surface area (Å²) in [5.74, 6) is -6.76. The molecule has 0 radical (unpaired) electrons. The van der Waals surface area contributed by atoms with E-state index in [2.05, 4.69) is 15.3 Å². The summed E-state index contributed by atoms with van der Waals surface area (Å²) in [4.78, 5) is 0. The summed E-state index contributed by atoms with van der Waals surface area (Å²) in [7, 11) is 0. The second-order valence-corrected chi connectivity index (χ2v) is 5.14. The number of ether oxygens (including phenoxy) is 1. The van der Waals surface area contributed by atoms with Crippen molar-refractivity contribution in [3.63, 3.8) is 0 Å². The van der Waals surface area contributed by atoms with E-state index in [9.17, 15) is 17.6 Å². The first-order valence-corrected chi connectivity index (χ1v) is 6.76. The second kappa shape index (κ2) is 6.51. The van der Waals surface area contributed by atoms with Crippen LogP contribution in [-0.4, -0.2) is 36.5 Å². The number of nitrogens with one attached hydrogen (secondary N) is 1. The molecular weight excluding hydrogens is 304 g/mol. The van der Waals surface area contributed by atoms with Gasteiger partial charge in [-0.05, 0) is 18.6 Å². The van der Waals surface area contributed by atoms with Crippen molar-refractivity contribution in [3.05, 3.63) is 29.3 Å². The van der Waals surface area contributed by atoms with Gasteiger partial charge in [0.15, 0.2) is 18.2 Å². The highest BCUT2D eigenvalue weighted by Gasteiger charge is 2.30. The van der Waals surface area contributed by atoms with Gasteiger partial charge in [0.25, 0.3) is 0 Å². The van der Waals surface area contributed by atoms with Gasteiger partial charge in [-0.2, -0.15) is 9.49 Å². The Hall–Kier alpha value is -1.83. The van der Waals surface area contributed by atoms with E-state index in [1.54, 1.807) is 0 Å². The van der Waals surface area contributed by atoms with Crippen LogP contribution in [0.3, 0.4) is 0 Å². The van der Waals surface area contributed by atoms with Gasteiger partial charge < -0.3 is 15.3 Å². The number of benzene rings is 1. The molecule has 22 heavy (non-hydrogen) atoms. The highest BCUT2D eigenvalue weighted by molar-refractivity contribution is 6.02. The normalized spacial score (nSPS) is 18.6. The Labute approximate surface area is 124 Å². The van der Waals surface area contributed by atoms with Crippen molar-refractivity contribution < 1.29 is 27.4 Å². The molecule has 0 fully saturated rings. The van der Waals surface area contributed by atoms with E-state index < -0.39 is 36.5 Å². The van der Waals surface area contributed by atoms with Gasteiger partial charge in [0.2, 0.25) is 5.82 Å². The first-order valence-electron chi connectivity index (χ1n) is 6.76. The number of aliphatic hydroxyl groups excluding tert-OH is 1. The monoisotopic (exact) mass is 320 g/mol. The third kappa shape index (κ3) is 3.49. The van der Waals surface area contributed by atoms with Crippen molar-refractivity contribution >= 4 is 5.71 Å². The van der Waals surface area contributed by atoms with Crippen molar-refractivity contribution in [1.82, 2.24) is 5.43 Å². The lowest BCUT2D eigenvalue weighted by Crippen LogP contribution is -2.30. The van der Waals surface area contributed by atoms with E-state index in [0.717, 1.165) is 12.5 Å². The van der Waals surface area contributed by atoms with Gasteiger partial charge in [-0.25, -0.2) is 13.2 Å². The first kappa shape index (κ1) is 16.5. The van der Waals surface area contributed by atoms with Crippen molar-refractivity contribution in [1.29, 1.82) is 0 Å². The summed E-state index contributed by atoms with van der Waals surface area (Å²) in [6, 6.07) is 2.32. The van der Waals surface area contributed by atoms with Crippen LogP contribution in [0, 0.1) is 17.6 Å². The fraction of sp³-hybridized carbons (Fsp3) is 0.500. The molecule has 1 atom stereocenters. The van der Waals surface area contributed by atoms with Crippen LogP contribution in [0.5, 0.6) is 5.75 Å². The number of alkyl halides is 2. The quantitative estimate of drug-likeness (QED) is 0.819. The summed E-state index contributed by atoms with van der Waals surface area (Å²) in [5.41, 5.74) is 3.06. The molecule has 0 spiro atoms. The maximum absolute atomic E-state index is 14.1. The maximum Gasteiger partial charge on any atom is 0.303 e.